The second-order valence-corrected chi connectivity index (χ2v) is 6.53. The van der Waals surface area contributed by atoms with Crippen LogP contribution in [0.1, 0.15) is 43.0 Å². The summed E-state index contributed by atoms with van der Waals surface area (Å²) in [6.45, 7) is 2.97. The monoisotopic (exact) mass is 329 g/mol. The Bertz CT molecular complexity index is 455. The van der Waals surface area contributed by atoms with Crippen molar-refractivity contribution < 1.29 is 4.79 Å². The zero-order chi connectivity index (χ0) is 13.2. The Hall–Kier alpha value is -0.540. The number of rotatable bonds is 3. The molecule has 0 atom stereocenters. The molecule has 0 heterocycles. The maximum Gasteiger partial charge on any atom is 0.252 e. The van der Waals surface area contributed by atoms with Crippen molar-refractivity contribution >= 4 is 33.4 Å². The molecule has 1 aromatic carbocycles. The van der Waals surface area contributed by atoms with Gasteiger partial charge in [0.1, 0.15) is 0 Å². The maximum atomic E-state index is 12.1. The van der Waals surface area contributed by atoms with Crippen LogP contribution in [0.25, 0.3) is 0 Å². The molecule has 1 aliphatic rings. The quantitative estimate of drug-likeness (QED) is 0.873. The summed E-state index contributed by atoms with van der Waals surface area (Å²) in [5.41, 5.74) is 0.793. The van der Waals surface area contributed by atoms with E-state index in [0.717, 1.165) is 11.0 Å². The minimum atomic E-state index is -0.0885. The molecule has 0 unspecified atom stereocenters. The average molecular weight is 331 g/mol. The van der Waals surface area contributed by atoms with Crippen molar-refractivity contribution in [2.75, 3.05) is 6.54 Å². The van der Waals surface area contributed by atoms with Crippen LogP contribution >= 0.6 is 27.5 Å². The molecule has 0 bridgehead atoms. The molecule has 0 aromatic heterocycles. The van der Waals surface area contributed by atoms with Gasteiger partial charge in [-0.25, -0.2) is 0 Å². The number of nitrogens with one attached hydrogen (secondary N) is 1. The predicted octanol–water partition coefficient (Wildman–Crippen LogP) is 4.41. The van der Waals surface area contributed by atoms with Crippen molar-refractivity contribution in [2.45, 2.75) is 32.6 Å². The fraction of sp³-hybridized carbons (Fsp3) is 0.500. The van der Waals surface area contributed by atoms with E-state index in [1.807, 2.05) is 12.1 Å². The normalized spacial score (nSPS) is 17.7. The molecule has 0 aliphatic heterocycles. The van der Waals surface area contributed by atoms with Gasteiger partial charge in [-0.3, -0.25) is 4.79 Å². The van der Waals surface area contributed by atoms with Crippen molar-refractivity contribution in [1.29, 1.82) is 0 Å². The topological polar surface area (TPSA) is 29.1 Å². The molecule has 0 saturated heterocycles. The Balaban J connectivity index is 2.01. The summed E-state index contributed by atoms with van der Waals surface area (Å²) in [4.78, 5) is 12.1. The van der Waals surface area contributed by atoms with Crippen LogP contribution < -0.4 is 5.32 Å². The van der Waals surface area contributed by atoms with E-state index in [1.54, 1.807) is 6.07 Å². The molecule has 18 heavy (non-hydrogen) atoms. The molecule has 1 N–H and O–H groups in total. The van der Waals surface area contributed by atoms with Gasteiger partial charge in [0.2, 0.25) is 0 Å². The highest BCUT2D eigenvalue weighted by Crippen LogP contribution is 2.36. The average Bonchev–Trinajstić information content (AvgIpc) is 2.77. The van der Waals surface area contributed by atoms with E-state index in [9.17, 15) is 4.79 Å². The maximum absolute atomic E-state index is 12.1. The summed E-state index contributed by atoms with van der Waals surface area (Å²) in [6.07, 6.45) is 4.92. The Labute approximate surface area is 121 Å². The third-order valence-corrected chi connectivity index (χ3v) is 4.98. The zero-order valence-corrected chi connectivity index (χ0v) is 12.8. The molecule has 0 spiro atoms. The lowest BCUT2D eigenvalue weighted by Crippen LogP contribution is -2.34. The van der Waals surface area contributed by atoms with Gasteiger partial charge < -0.3 is 5.32 Å². The molecule has 98 valence electrons. The van der Waals surface area contributed by atoms with Gasteiger partial charge in [-0.1, -0.05) is 37.4 Å². The summed E-state index contributed by atoms with van der Waals surface area (Å²) >= 11 is 9.44. The van der Waals surface area contributed by atoms with E-state index in [0.29, 0.717) is 10.6 Å². The van der Waals surface area contributed by atoms with Crippen LogP contribution in [-0.4, -0.2) is 12.5 Å². The molecule has 1 amide bonds. The molecule has 4 heteroatoms. The first-order valence-corrected chi connectivity index (χ1v) is 7.41. The van der Waals surface area contributed by atoms with Gasteiger partial charge >= 0.3 is 0 Å². The summed E-state index contributed by atoms with van der Waals surface area (Å²) in [6, 6.07) is 5.40. The van der Waals surface area contributed by atoms with Crippen molar-refractivity contribution in [3.8, 4) is 0 Å². The molecule has 2 nitrogen and oxygen atoms in total. The number of benzene rings is 1. The first-order chi connectivity index (χ1) is 8.52. The largest absolute Gasteiger partial charge is 0.351 e. The second kappa shape index (κ2) is 5.62. The Kier molecular flexibility index (Phi) is 4.33. The number of hydrogen-bond donors (Lipinski definition) is 1. The standard InChI is InChI=1S/C14H17BrClNO/c1-14(7-2-3-8-14)9-17-13(18)10-5-4-6-11(15)12(10)16/h4-6H,2-3,7-9H2,1H3,(H,17,18). The van der Waals surface area contributed by atoms with Crippen LogP contribution in [0.3, 0.4) is 0 Å². The molecule has 1 fully saturated rings. The van der Waals surface area contributed by atoms with Crippen LogP contribution in [0.15, 0.2) is 22.7 Å². The highest BCUT2D eigenvalue weighted by atomic mass is 79.9. The van der Waals surface area contributed by atoms with Gasteiger partial charge in [-0.15, -0.1) is 0 Å². The van der Waals surface area contributed by atoms with Gasteiger partial charge in [0.25, 0.3) is 5.91 Å². The van der Waals surface area contributed by atoms with Gasteiger partial charge in [0, 0.05) is 11.0 Å². The molecule has 0 radical (unpaired) electrons. The number of carbonyl (C=O) groups is 1. The van der Waals surface area contributed by atoms with E-state index in [-0.39, 0.29) is 11.3 Å². The number of hydrogen-bond acceptors (Lipinski definition) is 1. The zero-order valence-electron chi connectivity index (χ0n) is 10.4. The lowest BCUT2D eigenvalue weighted by atomic mass is 9.89. The van der Waals surface area contributed by atoms with Crippen molar-refractivity contribution in [1.82, 2.24) is 5.32 Å². The summed E-state index contributed by atoms with van der Waals surface area (Å²) < 4.78 is 0.754. The van der Waals surface area contributed by atoms with Crippen molar-refractivity contribution in [2.24, 2.45) is 5.41 Å². The number of carbonyl (C=O) groups excluding carboxylic acids is 1. The molecule has 1 aliphatic carbocycles. The second-order valence-electron chi connectivity index (χ2n) is 5.30. The third kappa shape index (κ3) is 3.07. The minimum Gasteiger partial charge on any atom is -0.351 e. The Morgan fingerprint density at radius 2 is 2.11 bits per heavy atom. The van der Waals surface area contributed by atoms with Crippen LogP contribution in [0.4, 0.5) is 0 Å². The SMILES string of the molecule is CC1(CNC(=O)c2cccc(Br)c2Cl)CCCC1. The smallest absolute Gasteiger partial charge is 0.252 e. The molecule has 1 aromatic rings. The van der Waals surface area contributed by atoms with Crippen molar-refractivity contribution in [3.05, 3.63) is 33.3 Å². The van der Waals surface area contributed by atoms with Crippen LogP contribution in [0.5, 0.6) is 0 Å². The van der Waals surface area contributed by atoms with Gasteiger partial charge in [0.05, 0.1) is 10.6 Å². The molecular formula is C14H17BrClNO. The van der Waals surface area contributed by atoms with Gasteiger partial charge in [-0.05, 0) is 46.3 Å². The fourth-order valence-corrected chi connectivity index (χ4v) is 3.05. The lowest BCUT2D eigenvalue weighted by molar-refractivity contribution is 0.0934. The first kappa shape index (κ1) is 13.9. The first-order valence-electron chi connectivity index (χ1n) is 6.24. The number of halogens is 2. The Morgan fingerprint density at radius 1 is 1.44 bits per heavy atom. The summed E-state index contributed by atoms with van der Waals surface area (Å²) in [5, 5.41) is 3.48. The fourth-order valence-electron chi connectivity index (χ4n) is 2.47. The highest BCUT2D eigenvalue weighted by molar-refractivity contribution is 9.10. The van der Waals surface area contributed by atoms with E-state index < -0.39 is 0 Å². The van der Waals surface area contributed by atoms with E-state index in [2.05, 4.69) is 28.2 Å². The van der Waals surface area contributed by atoms with Crippen molar-refractivity contribution in [3.63, 3.8) is 0 Å². The molecular weight excluding hydrogens is 314 g/mol. The minimum absolute atomic E-state index is 0.0885. The summed E-state index contributed by atoms with van der Waals surface area (Å²) in [5.74, 6) is -0.0885. The van der Waals surface area contributed by atoms with Gasteiger partial charge in [0.15, 0.2) is 0 Å². The molecule has 2 rings (SSSR count). The molecule has 1 saturated carbocycles. The van der Waals surface area contributed by atoms with Crippen LogP contribution in [0, 0.1) is 5.41 Å². The predicted molar refractivity (Wildman–Crippen MR) is 78.1 cm³/mol. The number of amides is 1. The van der Waals surface area contributed by atoms with Gasteiger partial charge in [-0.2, -0.15) is 0 Å². The van der Waals surface area contributed by atoms with E-state index >= 15 is 0 Å². The third-order valence-electron chi connectivity index (χ3n) is 3.68. The van der Waals surface area contributed by atoms with E-state index in [1.165, 1.54) is 25.7 Å². The van der Waals surface area contributed by atoms with E-state index in [4.69, 9.17) is 11.6 Å². The Morgan fingerprint density at radius 3 is 2.78 bits per heavy atom. The van der Waals surface area contributed by atoms with Crippen LogP contribution in [0.2, 0.25) is 5.02 Å². The lowest BCUT2D eigenvalue weighted by Gasteiger charge is -2.23. The van der Waals surface area contributed by atoms with Crippen LogP contribution in [-0.2, 0) is 0 Å². The highest BCUT2D eigenvalue weighted by Gasteiger charge is 2.29. The summed E-state index contributed by atoms with van der Waals surface area (Å²) in [7, 11) is 0.